The quantitative estimate of drug-likeness (QED) is 0.172. The van der Waals surface area contributed by atoms with Gasteiger partial charge in [-0.15, -0.1) is 0 Å². The molecule has 0 fully saturated rings. The average Bonchev–Trinajstić information content (AvgIpc) is 4.41. The number of rotatable bonds is 5. The number of hydrogen-bond donors (Lipinski definition) is 0. The molecule has 4 nitrogen and oxygen atoms in total. The summed E-state index contributed by atoms with van der Waals surface area (Å²) in [6.07, 6.45) is 0. The minimum atomic E-state index is -0.343. The van der Waals surface area contributed by atoms with E-state index in [1.54, 1.807) is 0 Å². The molecule has 3 aliphatic carbocycles. The molecule has 0 saturated carbocycles. The molecule has 0 bridgehead atoms. The predicted octanol–water partition coefficient (Wildman–Crippen LogP) is 20.9. The molecule has 0 amide bonds. The standard InChI is InChI=1S/C76H56N2O2/c1-43-25-27-44(28-26-43)55-40-63-69(72-54-21-13-16-24-67(54)80-73(55)72)52-34-31-47(38-60(52)76(63,6)7)77(48-30-33-51-50-19-11-14-22-64(50)78(65(51)39-48)45-17-9-8-10-18-45)46-29-32-49-56-41-62-57(42-61(56)75(4,5)59(49)37-46)70-58(74(62,2)3)35-36-68-71(70)53-20-12-15-23-66(53)79-68/h8-42H,1-7H3. The Morgan fingerprint density at radius 3 is 1.65 bits per heavy atom. The summed E-state index contributed by atoms with van der Waals surface area (Å²) in [5.41, 5.74) is 29.0. The lowest BCUT2D eigenvalue weighted by atomic mass is 9.79. The number of aromatic nitrogens is 1. The van der Waals surface area contributed by atoms with Crippen molar-refractivity contribution in [2.24, 2.45) is 0 Å². The first-order valence-electron chi connectivity index (χ1n) is 28.2. The highest BCUT2D eigenvalue weighted by molar-refractivity contribution is 6.19. The molecule has 0 spiro atoms. The Labute approximate surface area is 464 Å². The van der Waals surface area contributed by atoms with E-state index >= 15 is 0 Å². The van der Waals surface area contributed by atoms with Crippen LogP contribution in [0.15, 0.2) is 221 Å². The van der Waals surface area contributed by atoms with Gasteiger partial charge in [-0.1, -0.05) is 168 Å². The van der Waals surface area contributed by atoms with Gasteiger partial charge in [0.05, 0.1) is 11.0 Å². The van der Waals surface area contributed by atoms with E-state index in [1.807, 2.05) is 0 Å². The van der Waals surface area contributed by atoms with Gasteiger partial charge in [-0.3, -0.25) is 0 Å². The third-order valence-corrected chi connectivity index (χ3v) is 19.0. The van der Waals surface area contributed by atoms with Crippen molar-refractivity contribution in [1.29, 1.82) is 0 Å². The number of nitrogens with zero attached hydrogens (tertiary/aromatic N) is 2. The van der Waals surface area contributed by atoms with Crippen molar-refractivity contribution in [2.45, 2.75) is 64.7 Å². The molecule has 0 N–H and O–H groups in total. The Morgan fingerprint density at radius 2 is 0.887 bits per heavy atom. The Bertz CT molecular complexity index is 5040. The molecule has 80 heavy (non-hydrogen) atoms. The number of hydrogen-bond acceptors (Lipinski definition) is 3. The first kappa shape index (κ1) is 45.6. The lowest BCUT2D eigenvalue weighted by molar-refractivity contribution is 0.651. The molecular weight excluding hydrogens is 973 g/mol. The van der Waals surface area contributed by atoms with E-state index in [2.05, 4.69) is 270 Å². The van der Waals surface area contributed by atoms with Crippen LogP contribution in [0.25, 0.3) is 116 Å². The Balaban J connectivity index is 0.876. The lowest BCUT2D eigenvalue weighted by Crippen LogP contribution is -2.18. The van der Waals surface area contributed by atoms with Gasteiger partial charge in [0.25, 0.3) is 0 Å². The van der Waals surface area contributed by atoms with E-state index in [-0.39, 0.29) is 16.2 Å². The topological polar surface area (TPSA) is 34.5 Å². The maximum atomic E-state index is 6.89. The van der Waals surface area contributed by atoms with Crippen LogP contribution in [0.2, 0.25) is 0 Å². The second-order valence-electron chi connectivity index (χ2n) is 24.5. The summed E-state index contributed by atoms with van der Waals surface area (Å²) in [6, 6.07) is 79.2. The predicted molar refractivity (Wildman–Crippen MR) is 333 cm³/mol. The molecule has 11 aromatic carbocycles. The lowest BCUT2D eigenvalue weighted by Gasteiger charge is -2.30. The molecule has 0 saturated heterocycles. The van der Waals surface area contributed by atoms with Crippen LogP contribution in [-0.4, -0.2) is 4.57 Å². The summed E-state index contributed by atoms with van der Waals surface area (Å²) in [6.45, 7) is 16.6. The minimum Gasteiger partial charge on any atom is -0.456 e. The molecule has 3 heterocycles. The fourth-order valence-electron chi connectivity index (χ4n) is 15.0. The first-order valence-corrected chi connectivity index (χ1v) is 28.2. The highest BCUT2D eigenvalue weighted by Gasteiger charge is 2.44. The van der Waals surface area contributed by atoms with Crippen molar-refractivity contribution in [3.05, 3.63) is 251 Å². The van der Waals surface area contributed by atoms with Crippen LogP contribution in [-0.2, 0) is 16.2 Å². The van der Waals surface area contributed by atoms with Crippen LogP contribution in [0.5, 0.6) is 0 Å². The minimum absolute atomic E-state index is 0.198. The maximum Gasteiger partial charge on any atom is 0.143 e. The van der Waals surface area contributed by atoms with Crippen LogP contribution < -0.4 is 4.90 Å². The zero-order valence-electron chi connectivity index (χ0n) is 45.9. The van der Waals surface area contributed by atoms with E-state index in [1.165, 1.54) is 105 Å². The van der Waals surface area contributed by atoms with Crippen LogP contribution in [0.4, 0.5) is 17.1 Å². The SMILES string of the molecule is Cc1ccc(-c2cc3c(c4c2oc2ccccc24)-c2ccc(N(c4ccc5c(c4)C(C)(C)c4cc6c(cc4-5)C(C)(C)c4ccc5oc7ccccc7c5c4-6)c4ccc5c6ccccc6n(-c6ccccc6)c5c4)cc2C3(C)C)cc1. The molecule has 0 atom stereocenters. The Hall–Kier alpha value is -9.38. The third kappa shape index (κ3) is 5.95. The summed E-state index contributed by atoms with van der Waals surface area (Å²) in [7, 11) is 0. The first-order chi connectivity index (χ1) is 38.8. The van der Waals surface area contributed by atoms with Gasteiger partial charge in [-0.25, -0.2) is 0 Å². The molecule has 14 aromatic rings. The third-order valence-electron chi connectivity index (χ3n) is 19.0. The molecule has 17 rings (SSSR count). The molecule has 0 aliphatic heterocycles. The Kier molecular flexibility index (Phi) is 8.94. The van der Waals surface area contributed by atoms with Crippen molar-refractivity contribution >= 4 is 82.7 Å². The zero-order valence-corrected chi connectivity index (χ0v) is 45.9. The van der Waals surface area contributed by atoms with Gasteiger partial charge < -0.3 is 18.3 Å². The normalized spacial score (nSPS) is 15.0. The van der Waals surface area contributed by atoms with Gasteiger partial charge in [-0.2, -0.15) is 0 Å². The monoisotopic (exact) mass is 1030 g/mol. The summed E-state index contributed by atoms with van der Waals surface area (Å²) < 4.78 is 15.8. The molecule has 3 aromatic heterocycles. The number of anilines is 3. The number of furan rings is 2. The van der Waals surface area contributed by atoms with Crippen molar-refractivity contribution in [1.82, 2.24) is 4.57 Å². The summed E-state index contributed by atoms with van der Waals surface area (Å²) >= 11 is 0. The number of fused-ring (bicyclic) bond motifs is 20. The van der Waals surface area contributed by atoms with E-state index in [0.29, 0.717) is 0 Å². The Morgan fingerprint density at radius 1 is 0.350 bits per heavy atom. The molecule has 3 aliphatic rings. The molecule has 382 valence electrons. The zero-order chi connectivity index (χ0) is 53.7. The summed E-state index contributed by atoms with van der Waals surface area (Å²) in [5.74, 6) is 0. The fraction of sp³-hybridized carbons (Fsp3) is 0.132. The summed E-state index contributed by atoms with van der Waals surface area (Å²) in [4.78, 5) is 2.52. The van der Waals surface area contributed by atoms with Crippen LogP contribution in [0.3, 0.4) is 0 Å². The largest absolute Gasteiger partial charge is 0.456 e. The van der Waals surface area contributed by atoms with Crippen LogP contribution in [0.1, 0.15) is 80.5 Å². The van der Waals surface area contributed by atoms with Gasteiger partial charge in [0.2, 0.25) is 0 Å². The maximum absolute atomic E-state index is 6.89. The van der Waals surface area contributed by atoms with Crippen molar-refractivity contribution in [3.8, 4) is 50.2 Å². The van der Waals surface area contributed by atoms with E-state index in [9.17, 15) is 0 Å². The second kappa shape index (κ2) is 15.7. The van der Waals surface area contributed by atoms with Gasteiger partial charge in [0.1, 0.15) is 22.3 Å². The molecule has 4 heteroatoms. The fourth-order valence-corrected chi connectivity index (χ4v) is 15.0. The van der Waals surface area contributed by atoms with E-state index in [0.717, 1.165) is 67.1 Å². The highest BCUT2D eigenvalue weighted by Crippen LogP contribution is 2.60. The molecule has 0 unspecified atom stereocenters. The highest BCUT2D eigenvalue weighted by atomic mass is 16.3. The molecular formula is C76H56N2O2. The van der Waals surface area contributed by atoms with Gasteiger partial charge in [0, 0.05) is 76.9 Å². The van der Waals surface area contributed by atoms with Crippen LogP contribution >= 0.6 is 0 Å². The van der Waals surface area contributed by atoms with Gasteiger partial charge >= 0.3 is 0 Å². The smallest absolute Gasteiger partial charge is 0.143 e. The van der Waals surface area contributed by atoms with Crippen molar-refractivity contribution in [3.63, 3.8) is 0 Å². The number of para-hydroxylation sites is 4. The number of aryl methyl sites for hydroxylation is 1. The van der Waals surface area contributed by atoms with E-state index < -0.39 is 0 Å². The average molecular weight is 1030 g/mol. The molecule has 0 radical (unpaired) electrons. The van der Waals surface area contributed by atoms with Crippen molar-refractivity contribution < 1.29 is 8.83 Å². The van der Waals surface area contributed by atoms with Crippen LogP contribution in [0, 0.1) is 6.92 Å². The summed E-state index contributed by atoms with van der Waals surface area (Å²) in [5, 5.41) is 7.18. The van der Waals surface area contributed by atoms with Gasteiger partial charge in [0.15, 0.2) is 0 Å². The van der Waals surface area contributed by atoms with Crippen molar-refractivity contribution in [2.75, 3.05) is 4.90 Å². The number of benzene rings is 11. The second-order valence-corrected chi connectivity index (χ2v) is 24.5. The van der Waals surface area contributed by atoms with E-state index in [4.69, 9.17) is 8.83 Å². The van der Waals surface area contributed by atoms with Gasteiger partial charge in [-0.05, 0) is 170 Å².